The Labute approximate surface area is 191 Å². The average Bonchev–Trinajstić information content (AvgIpc) is 3.54. The number of piperazine rings is 1. The Hall–Kier alpha value is -2.30. The number of fused-ring (bicyclic) bond motifs is 1. The number of amides is 2. The Kier molecular flexibility index (Phi) is 5.77. The average molecular weight is 475 g/mol. The van der Waals surface area contributed by atoms with Crippen LogP contribution in [0.5, 0.6) is 0 Å². The summed E-state index contributed by atoms with van der Waals surface area (Å²) in [6, 6.07) is 5.47. The zero-order valence-corrected chi connectivity index (χ0v) is 19.5. The maximum atomic E-state index is 13.1. The van der Waals surface area contributed by atoms with Crippen LogP contribution in [0.3, 0.4) is 0 Å². The molecule has 170 valence electrons. The first-order valence-corrected chi connectivity index (χ1v) is 13.4. The molecule has 32 heavy (non-hydrogen) atoms. The molecular formula is C22H26N4O4S2. The lowest BCUT2D eigenvalue weighted by Crippen LogP contribution is -2.50. The molecule has 0 spiro atoms. The zero-order chi connectivity index (χ0) is 22.3. The number of benzene rings is 1. The first-order chi connectivity index (χ1) is 15.4. The van der Waals surface area contributed by atoms with Crippen molar-refractivity contribution in [3.63, 3.8) is 0 Å². The summed E-state index contributed by atoms with van der Waals surface area (Å²) in [5.74, 6) is 0.0158. The molecule has 8 nitrogen and oxygen atoms in total. The zero-order valence-electron chi connectivity index (χ0n) is 17.8. The van der Waals surface area contributed by atoms with Crippen LogP contribution in [-0.4, -0.2) is 67.1 Å². The third-order valence-corrected chi connectivity index (χ3v) is 9.28. The van der Waals surface area contributed by atoms with Crippen molar-refractivity contribution >= 4 is 38.3 Å². The Bertz CT molecular complexity index is 1150. The SMILES string of the molecule is O=C(Cc1csc(N2CCCC2=O)n1)N1CCN(S(=O)(=O)c2ccc3c(c2)CCC3)CC1. The molecule has 2 saturated heterocycles. The van der Waals surface area contributed by atoms with Crippen LogP contribution in [0.2, 0.25) is 0 Å². The number of hydrogen-bond donors (Lipinski definition) is 0. The van der Waals surface area contributed by atoms with E-state index >= 15 is 0 Å². The quantitative estimate of drug-likeness (QED) is 0.660. The number of aryl methyl sites for hydroxylation is 2. The Morgan fingerprint density at radius 2 is 1.78 bits per heavy atom. The largest absolute Gasteiger partial charge is 0.340 e. The lowest BCUT2D eigenvalue weighted by Gasteiger charge is -2.34. The van der Waals surface area contributed by atoms with Crippen molar-refractivity contribution < 1.29 is 18.0 Å². The van der Waals surface area contributed by atoms with E-state index in [-0.39, 0.29) is 31.3 Å². The van der Waals surface area contributed by atoms with E-state index in [1.807, 2.05) is 17.5 Å². The van der Waals surface area contributed by atoms with Crippen molar-refractivity contribution in [1.82, 2.24) is 14.2 Å². The van der Waals surface area contributed by atoms with Gasteiger partial charge < -0.3 is 4.90 Å². The number of aromatic nitrogens is 1. The highest BCUT2D eigenvalue weighted by Crippen LogP contribution is 2.28. The van der Waals surface area contributed by atoms with E-state index in [0.717, 1.165) is 31.2 Å². The summed E-state index contributed by atoms with van der Waals surface area (Å²) in [4.78, 5) is 32.9. The minimum absolute atomic E-state index is 0.0656. The number of thiazole rings is 1. The maximum Gasteiger partial charge on any atom is 0.243 e. The van der Waals surface area contributed by atoms with Crippen molar-refractivity contribution in [2.24, 2.45) is 0 Å². The van der Waals surface area contributed by atoms with Crippen LogP contribution in [0.15, 0.2) is 28.5 Å². The predicted molar refractivity (Wildman–Crippen MR) is 121 cm³/mol. The van der Waals surface area contributed by atoms with Gasteiger partial charge in [-0.15, -0.1) is 11.3 Å². The van der Waals surface area contributed by atoms with E-state index in [9.17, 15) is 18.0 Å². The smallest absolute Gasteiger partial charge is 0.243 e. The molecule has 1 aromatic carbocycles. The molecule has 3 aliphatic rings. The molecule has 2 aliphatic heterocycles. The molecule has 10 heteroatoms. The molecular weight excluding hydrogens is 448 g/mol. The molecule has 0 unspecified atom stereocenters. The highest BCUT2D eigenvalue weighted by atomic mass is 32.2. The fourth-order valence-electron chi connectivity index (χ4n) is 4.65. The van der Waals surface area contributed by atoms with Crippen LogP contribution in [0.25, 0.3) is 0 Å². The van der Waals surface area contributed by atoms with Gasteiger partial charge in [-0.1, -0.05) is 6.07 Å². The number of carbonyl (C=O) groups is 2. The van der Waals surface area contributed by atoms with Crippen molar-refractivity contribution in [2.45, 2.75) is 43.4 Å². The molecule has 0 saturated carbocycles. The van der Waals surface area contributed by atoms with Gasteiger partial charge in [0.15, 0.2) is 5.13 Å². The monoisotopic (exact) mass is 474 g/mol. The van der Waals surface area contributed by atoms with E-state index in [0.29, 0.717) is 41.8 Å². The van der Waals surface area contributed by atoms with Crippen molar-refractivity contribution in [3.8, 4) is 0 Å². The number of hydrogen-bond acceptors (Lipinski definition) is 6. The molecule has 0 radical (unpaired) electrons. The summed E-state index contributed by atoms with van der Waals surface area (Å²) in [5.41, 5.74) is 3.04. The van der Waals surface area contributed by atoms with Gasteiger partial charge in [0, 0.05) is 44.5 Å². The van der Waals surface area contributed by atoms with Gasteiger partial charge in [-0.25, -0.2) is 13.4 Å². The second-order valence-electron chi connectivity index (χ2n) is 8.52. The van der Waals surface area contributed by atoms with Crippen molar-refractivity contribution in [3.05, 3.63) is 40.4 Å². The van der Waals surface area contributed by atoms with Gasteiger partial charge in [0.25, 0.3) is 0 Å². The topological polar surface area (TPSA) is 90.9 Å². The summed E-state index contributed by atoms with van der Waals surface area (Å²) in [6.07, 6.45) is 4.58. The number of anilines is 1. The van der Waals surface area contributed by atoms with Gasteiger partial charge in [0.05, 0.1) is 17.0 Å². The maximum absolute atomic E-state index is 13.1. The molecule has 0 bridgehead atoms. The standard InChI is InChI=1S/C22H26N4O4S2/c27-20-5-2-8-26(20)22-23-18(15-31-22)14-21(28)24-9-11-25(12-10-24)32(29,30)19-7-6-16-3-1-4-17(16)13-19/h6-7,13,15H,1-5,8-12,14H2. The fraction of sp³-hybridized carbons (Fsp3) is 0.500. The highest BCUT2D eigenvalue weighted by molar-refractivity contribution is 7.89. The van der Waals surface area contributed by atoms with Crippen molar-refractivity contribution in [1.29, 1.82) is 0 Å². The van der Waals surface area contributed by atoms with Crippen LogP contribution in [0.1, 0.15) is 36.1 Å². The molecule has 0 atom stereocenters. The molecule has 2 fully saturated rings. The molecule has 1 aromatic heterocycles. The first kappa shape index (κ1) is 21.5. The summed E-state index contributed by atoms with van der Waals surface area (Å²) in [5, 5.41) is 2.48. The van der Waals surface area contributed by atoms with Crippen LogP contribution < -0.4 is 4.90 Å². The first-order valence-electron chi connectivity index (χ1n) is 11.1. The predicted octanol–water partition coefficient (Wildman–Crippen LogP) is 1.83. The van der Waals surface area contributed by atoms with Crippen LogP contribution >= 0.6 is 11.3 Å². The second-order valence-corrected chi connectivity index (χ2v) is 11.3. The molecule has 2 amide bonds. The molecule has 3 heterocycles. The van der Waals surface area contributed by atoms with Crippen molar-refractivity contribution in [2.75, 3.05) is 37.6 Å². The van der Waals surface area contributed by atoms with E-state index < -0.39 is 10.0 Å². The lowest BCUT2D eigenvalue weighted by molar-refractivity contribution is -0.131. The van der Waals surface area contributed by atoms with Gasteiger partial charge in [-0.3, -0.25) is 14.5 Å². The molecule has 1 aliphatic carbocycles. The number of rotatable bonds is 5. The van der Waals surface area contributed by atoms with Gasteiger partial charge >= 0.3 is 0 Å². The van der Waals surface area contributed by atoms with Gasteiger partial charge in [-0.05, 0) is 48.9 Å². The summed E-state index contributed by atoms with van der Waals surface area (Å²) in [6.45, 7) is 1.99. The molecule has 2 aromatic rings. The summed E-state index contributed by atoms with van der Waals surface area (Å²) < 4.78 is 27.7. The van der Waals surface area contributed by atoms with Crippen LogP contribution in [-0.2, 0) is 38.9 Å². The number of carbonyl (C=O) groups excluding carboxylic acids is 2. The third-order valence-electron chi connectivity index (χ3n) is 6.48. The fourth-order valence-corrected chi connectivity index (χ4v) is 7.00. The van der Waals surface area contributed by atoms with E-state index in [2.05, 4.69) is 4.98 Å². The van der Waals surface area contributed by atoms with Gasteiger partial charge in [-0.2, -0.15) is 4.31 Å². The minimum Gasteiger partial charge on any atom is -0.340 e. The number of sulfonamides is 1. The van der Waals surface area contributed by atoms with E-state index in [1.54, 1.807) is 15.9 Å². The Balaban J connectivity index is 1.19. The third kappa shape index (κ3) is 4.06. The van der Waals surface area contributed by atoms with Gasteiger partial charge in [0.2, 0.25) is 21.8 Å². The highest BCUT2D eigenvalue weighted by Gasteiger charge is 2.31. The summed E-state index contributed by atoms with van der Waals surface area (Å²) in [7, 11) is -3.56. The van der Waals surface area contributed by atoms with E-state index in [4.69, 9.17) is 0 Å². The molecule has 5 rings (SSSR count). The molecule has 0 N–H and O–H groups in total. The second kappa shape index (κ2) is 8.57. The van der Waals surface area contributed by atoms with Crippen LogP contribution in [0.4, 0.5) is 5.13 Å². The lowest BCUT2D eigenvalue weighted by atomic mass is 10.1. The van der Waals surface area contributed by atoms with E-state index in [1.165, 1.54) is 21.2 Å². The minimum atomic E-state index is -3.56. The van der Waals surface area contributed by atoms with Crippen LogP contribution in [0, 0.1) is 0 Å². The Morgan fingerprint density at radius 3 is 2.53 bits per heavy atom. The van der Waals surface area contributed by atoms with Gasteiger partial charge in [0.1, 0.15) is 0 Å². The Morgan fingerprint density at radius 1 is 1.00 bits per heavy atom. The summed E-state index contributed by atoms with van der Waals surface area (Å²) >= 11 is 1.38. The normalized spacial score (nSPS) is 19.6. The number of nitrogens with zero attached hydrogens (tertiary/aromatic N) is 4.